The van der Waals surface area contributed by atoms with Gasteiger partial charge in [0.05, 0.1) is 0 Å². The molecule has 1 aliphatic heterocycles. The zero-order chi connectivity index (χ0) is 30.9. The normalized spacial score (nSPS) is 21.4. The molecular weight excluding hydrogens is 658 g/mol. The molecule has 0 spiro atoms. The van der Waals surface area contributed by atoms with E-state index in [0.29, 0.717) is 11.5 Å². The standard InChI is InChI=1S/C39H32F2O2Si.Zr/c1-23-36(32-21-25(40)17-19-34(32)42)28-13-7-9-15-30(28)38(23)44(3,27-11-5-4-6-12-27)39-24(2)37(29-14-8-10-16-31(29)39)33-22-26(41)18-20-35(33)43;/h4-22,36-37,42-43H,1-3H3;/q;+2/p-2. The molecule has 0 saturated heterocycles. The quantitative estimate of drug-likeness (QED) is 0.164. The summed E-state index contributed by atoms with van der Waals surface area (Å²) in [6.45, 7) is 6.92. The summed E-state index contributed by atoms with van der Waals surface area (Å²) in [5.74, 6) is 0.392. The van der Waals surface area contributed by atoms with E-state index < -0.39 is 32.2 Å². The molecule has 8 rings (SSSR count). The SMILES string of the molecule is CC1=C2c3ccccc3C1c1cc(F)ccc1[O][Zr][O]c1ccc(F)cc1C1C(C)=C(c3ccccc31)[Si]2(C)c1ccccc1. The summed E-state index contributed by atoms with van der Waals surface area (Å²) in [7, 11) is -2.79. The minimum atomic E-state index is -2.79. The van der Waals surface area contributed by atoms with Crippen molar-refractivity contribution in [3.05, 3.63) is 171 Å². The molecule has 0 radical (unpaired) electrons. The van der Waals surface area contributed by atoms with Crippen molar-refractivity contribution in [2.24, 2.45) is 0 Å². The summed E-state index contributed by atoms with van der Waals surface area (Å²) >= 11 is -1.97. The molecule has 4 bridgehead atoms. The topological polar surface area (TPSA) is 18.5 Å². The number of rotatable bonds is 1. The van der Waals surface area contributed by atoms with Gasteiger partial charge in [-0.15, -0.1) is 0 Å². The van der Waals surface area contributed by atoms with Crippen LogP contribution in [0.25, 0.3) is 10.4 Å². The molecule has 2 atom stereocenters. The van der Waals surface area contributed by atoms with E-state index in [0.717, 1.165) is 11.1 Å². The van der Waals surface area contributed by atoms with Crippen molar-refractivity contribution in [1.29, 1.82) is 0 Å². The second-order valence-corrected chi connectivity index (χ2v) is 17.5. The van der Waals surface area contributed by atoms with Gasteiger partial charge >= 0.3 is 277 Å². The van der Waals surface area contributed by atoms with Crippen LogP contribution in [0, 0.1) is 11.6 Å². The van der Waals surface area contributed by atoms with Crippen LogP contribution in [0.15, 0.2) is 126 Å². The van der Waals surface area contributed by atoms with Gasteiger partial charge in [0.25, 0.3) is 0 Å². The Kier molecular flexibility index (Phi) is 6.92. The molecular formula is C39H30F2O2SiZr. The van der Waals surface area contributed by atoms with Gasteiger partial charge in [-0.25, -0.2) is 0 Å². The third kappa shape index (κ3) is 4.33. The fourth-order valence-corrected chi connectivity index (χ4v) is 14.8. The summed E-state index contributed by atoms with van der Waals surface area (Å²) in [4.78, 5) is 0. The predicted octanol–water partition coefficient (Wildman–Crippen LogP) is 9.25. The zero-order valence-corrected chi connectivity index (χ0v) is 28.7. The van der Waals surface area contributed by atoms with E-state index in [1.807, 2.05) is 0 Å². The first-order chi connectivity index (χ1) is 21.9. The van der Waals surface area contributed by atoms with Crippen molar-refractivity contribution in [3.63, 3.8) is 0 Å². The maximum atomic E-state index is 15.1. The van der Waals surface area contributed by atoms with Gasteiger partial charge in [-0.3, -0.25) is 0 Å². The summed E-state index contributed by atoms with van der Waals surface area (Å²) in [6.07, 6.45) is 0. The Hall–Kier alpha value is -3.86. The van der Waals surface area contributed by atoms with Crippen molar-refractivity contribution in [1.82, 2.24) is 0 Å². The molecule has 2 aliphatic carbocycles. The van der Waals surface area contributed by atoms with Crippen LogP contribution >= 0.6 is 0 Å². The summed E-state index contributed by atoms with van der Waals surface area (Å²) in [5, 5.41) is 4.00. The first-order valence-electron chi connectivity index (χ1n) is 15.2. The molecule has 0 aromatic heterocycles. The summed E-state index contributed by atoms with van der Waals surface area (Å²) in [5.41, 5.74) is 8.84. The number of hydrogen-bond acceptors (Lipinski definition) is 2. The molecule has 220 valence electrons. The van der Waals surface area contributed by atoms with Crippen molar-refractivity contribution >= 4 is 23.7 Å². The van der Waals surface area contributed by atoms with E-state index in [9.17, 15) is 0 Å². The molecule has 6 heteroatoms. The summed E-state index contributed by atoms with van der Waals surface area (Å²) < 4.78 is 43.1. The minimum absolute atomic E-state index is 0.158. The number of halogens is 2. The molecule has 1 heterocycles. The van der Waals surface area contributed by atoms with E-state index in [4.69, 9.17) is 5.63 Å². The Labute approximate surface area is 275 Å². The number of hydrogen-bond donors (Lipinski definition) is 0. The molecule has 3 aliphatic rings. The Morgan fingerprint density at radius 3 is 1.49 bits per heavy atom. The van der Waals surface area contributed by atoms with Crippen molar-refractivity contribution in [2.75, 3.05) is 0 Å². The summed E-state index contributed by atoms with van der Waals surface area (Å²) in [6, 6.07) is 37.7. The second-order valence-electron chi connectivity index (χ2n) is 12.3. The van der Waals surface area contributed by atoms with Crippen LogP contribution in [0.1, 0.15) is 59.1 Å². The van der Waals surface area contributed by atoms with Crippen molar-refractivity contribution in [3.8, 4) is 11.5 Å². The average molecular weight is 688 g/mol. The van der Waals surface area contributed by atoms with E-state index in [2.05, 4.69) is 99.3 Å². The van der Waals surface area contributed by atoms with Gasteiger partial charge in [-0.05, 0) is 0 Å². The van der Waals surface area contributed by atoms with Gasteiger partial charge < -0.3 is 0 Å². The third-order valence-corrected chi connectivity index (χ3v) is 16.3. The van der Waals surface area contributed by atoms with Crippen LogP contribution in [-0.4, -0.2) is 8.07 Å². The molecule has 0 saturated carbocycles. The second kappa shape index (κ2) is 10.9. The number of benzene rings is 5. The monoisotopic (exact) mass is 686 g/mol. The van der Waals surface area contributed by atoms with E-state index in [1.165, 1.54) is 61.1 Å². The number of allylic oxidation sites excluding steroid dienone is 2. The maximum absolute atomic E-state index is 15.1. The molecule has 5 aromatic carbocycles. The molecule has 2 nitrogen and oxygen atoms in total. The Balaban J connectivity index is 1.53. The molecule has 0 N–H and O–H groups in total. The van der Waals surface area contributed by atoms with E-state index >= 15 is 8.78 Å². The van der Waals surface area contributed by atoms with Crippen molar-refractivity contribution in [2.45, 2.75) is 32.2 Å². The fraction of sp³-hybridized carbons (Fsp3) is 0.128. The van der Waals surface area contributed by atoms with Gasteiger partial charge in [0.1, 0.15) is 0 Å². The molecule has 0 fully saturated rings. The van der Waals surface area contributed by atoms with E-state index in [-0.39, 0.29) is 23.5 Å². The fourth-order valence-electron chi connectivity index (χ4n) is 8.23. The Bertz CT molecular complexity index is 1940. The van der Waals surface area contributed by atoms with Crippen LogP contribution in [0.3, 0.4) is 0 Å². The van der Waals surface area contributed by atoms with Crippen LogP contribution in [-0.2, 0) is 24.1 Å². The third-order valence-electron chi connectivity index (χ3n) is 9.96. The average Bonchev–Trinajstić information content (AvgIpc) is 3.52. The van der Waals surface area contributed by atoms with Crippen LogP contribution in [0.5, 0.6) is 11.5 Å². The van der Waals surface area contributed by atoms with Gasteiger partial charge in [0.2, 0.25) is 0 Å². The number of fused-ring (bicyclic) bond motifs is 12. The van der Waals surface area contributed by atoms with Gasteiger partial charge in [-0.2, -0.15) is 0 Å². The van der Waals surface area contributed by atoms with Gasteiger partial charge in [-0.1, -0.05) is 0 Å². The molecule has 5 aromatic rings. The molecule has 45 heavy (non-hydrogen) atoms. The first kappa shape index (κ1) is 28.6. The molecule has 0 amide bonds. The Morgan fingerprint density at radius 1 is 0.556 bits per heavy atom. The van der Waals surface area contributed by atoms with Crippen LogP contribution in [0.4, 0.5) is 8.78 Å². The molecule has 2 unspecified atom stereocenters. The van der Waals surface area contributed by atoms with Crippen LogP contribution < -0.4 is 10.8 Å². The van der Waals surface area contributed by atoms with Gasteiger partial charge in [0.15, 0.2) is 0 Å². The van der Waals surface area contributed by atoms with Crippen LogP contribution in [0.2, 0.25) is 6.55 Å². The predicted molar refractivity (Wildman–Crippen MR) is 174 cm³/mol. The zero-order valence-electron chi connectivity index (χ0n) is 25.2. The van der Waals surface area contributed by atoms with Crippen molar-refractivity contribution < 1.29 is 38.5 Å². The first-order valence-corrected chi connectivity index (χ1v) is 19.7. The Morgan fingerprint density at radius 2 is 1.00 bits per heavy atom. The van der Waals surface area contributed by atoms with Gasteiger partial charge in [0, 0.05) is 0 Å². The van der Waals surface area contributed by atoms with E-state index in [1.54, 1.807) is 24.3 Å².